The van der Waals surface area contributed by atoms with E-state index >= 15 is 0 Å². The number of methoxy groups -OCH3 is 2. The van der Waals surface area contributed by atoms with E-state index in [1.54, 1.807) is 10.7 Å². The van der Waals surface area contributed by atoms with Crippen molar-refractivity contribution in [3.63, 3.8) is 0 Å². The van der Waals surface area contributed by atoms with E-state index in [2.05, 4.69) is 16.4 Å². The van der Waals surface area contributed by atoms with E-state index < -0.39 is 36.4 Å². The van der Waals surface area contributed by atoms with Gasteiger partial charge in [0, 0.05) is 42.6 Å². The Balaban J connectivity index is 1.37. The fraction of sp³-hybridized carbons (Fsp3) is 0.676. The van der Waals surface area contributed by atoms with E-state index in [1.165, 1.54) is 14.2 Å². The lowest BCUT2D eigenvalue weighted by Crippen LogP contribution is -2.49. The highest BCUT2D eigenvalue weighted by atomic mass is 35.5. The fourth-order valence-corrected chi connectivity index (χ4v) is 9.24. The molecule has 2 N–H and O–H groups in total. The first kappa shape index (κ1) is 36.1. The molecule has 3 fully saturated rings. The van der Waals surface area contributed by atoms with Gasteiger partial charge < -0.3 is 29.2 Å². The summed E-state index contributed by atoms with van der Waals surface area (Å²) in [5.74, 6) is -1.70. The molecule has 1 aliphatic heterocycles. The molecule has 12 heteroatoms. The van der Waals surface area contributed by atoms with Crippen LogP contribution in [0.5, 0.6) is 0 Å². The Bertz CT molecular complexity index is 1500. The van der Waals surface area contributed by atoms with E-state index in [0.29, 0.717) is 29.1 Å². The van der Waals surface area contributed by atoms with Crippen molar-refractivity contribution >= 4 is 23.4 Å². The minimum absolute atomic E-state index is 0.0176. The number of aliphatic hydroxyl groups is 2. The molecule has 0 radical (unpaired) electrons. The molecule has 49 heavy (non-hydrogen) atoms. The topological polar surface area (TPSA) is 142 Å². The van der Waals surface area contributed by atoms with Crippen LogP contribution in [0.3, 0.4) is 0 Å². The molecular weight excluding hydrogens is 650 g/mol. The average Bonchev–Trinajstić information content (AvgIpc) is 3.82. The molecule has 0 bridgehead atoms. The second-order valence-corrected chi connectivity index (χ2v) is 14.8. The predicted molar refractivity (Wildman–Crippen MR) is 181 cm³/mol. The zero-order chi connectivity index (χ0) is 34.8. The van der Waals surface area contributed by atoms with E-state index in [-0.39, 0.29) is 60.7 Å². The van der Waals surface area contributed by atoms with Crippen LogP contribution in [0.15, 0.2) is 42.1 Å². The molecule has 1 aromatic heterocycles. The number of esters is 1. The summed E-state index contributed by atoms with van der Waals surface area (Å²) in [6.45, 7) is 4.17. The highest BCUT2D eigenvalue weighted by molar-refractivity contribution is 6.30. The number of nitrogens with zero attached hydrogens (tertiary/aromatic N) is 3. The first-order valence-electron chi connectivity index (χ1n) is 17.8. The molecule has 11 nitrogen and oxygen atoms in total. The Labute approximate surface area is 293 Å². The second kappa shape index (κ2) is 15.7. The maximum atomic E-state index is 14.1. The molecule has 4 unspecified atom stereocenters. The molecule has 6 rings (SSSR count). The number of ether oxygens (including phenoxy) is 4. The van der Waals surface area contributed by atoms with Gasteiger partial charge in [0.2, 0.25) is 0 Å². The number of aliphatic hydroxyl groups excluding tert-OH is 2. The summed E-state index contributed by atoms with van der Waals surface area (Å²) in [6, 6.07) is 6.85. The maximum Gasteiger partial charge on any atom is 0.306 e. The minimum atomic E-state index is -1.21. The standard InChI is InChI=1S/C37H50ClN3O8/c1-5-23-12-7-6-9-20(2)35(43)29-16-26-25-14-24(49-37(45)31(47-4)19-46-3)15-28(25)34(36(44)33(26)27(29)17-32(42)48-23)41-18-30(39-40-41)21-10-8-11-22(38)13-21/h8,10-11,13,16,18,20,23-28,31,33-34,36-37,44-45H,5-7,9,12,14-15,17,19H2,1-4H3/t20-,23+,24+,25+,26?,27-,28-,31+,33-,34?,36?,37?/m1/s1. The molecule has 1 saturated heterocycles. The summed E-state index contributed by atoms with van der Waals surface area (Å²) in [5.41, 5.74) is 2.05. The van der Waals surface area contributed by atoms with Gasteiger partial charge in [0.05, 0.1) is 37.5 Å². The van der Waals surface area contributed by atoms with E-state index in [0.717, 1.165) is 37.7 Å². The molecule has 0 amide bonds. The van der Waals surface area contributed by atoms with Crippen molar-refractivity contribution in [2.24, 2.45) is 35.5 Å². The number of cyclic esters (lactones) is 1. The molecular formula is C37H50ClN3O8. The Kier molecular flexibility index (Phi) is 11.6. The second-order valence-electron chi connectivity index (χ2n) is 14.4. The van der Waals surface area contributed by atoms with Gasteiger partial charge >= 0.3 is 5.97 Å². The van der Waals surface area contributed by atoms with E-state index in [9.17, 15) is 19.8 Å². The van der Waals surface area contributed by atoms with Crippen molar-refractivity contribution in [1.29, 1.82) is 0 Å². The molecule has 1 aromatic carbocycles. The number of ketones is 1. The zero-order valence-electron chi connectivity index (χ0n) is 28.8. The summed E-state index contributed by atoms with van der Waals surface area (Å²) < 4.78 is 24.5. The lowest BCUT2D eigenvalue weighted by Gasteiger charge is -2.46. The maximum absolute atomic E-state index is 14.1. The van der Waals surface area contributed by atoms with Crippen LogP contribution in [0.1, 0.15) is 71.3 Å². The van der Waals surface area contributed by atoms with Gasteiger partial charge in [-0.1, -0.05) is 55.3 Å². The fourth-order valence-electron chi connectivity index (χ4n) is 9.05. The predicted octanol–water partition coefficient (Wildman–Crippen LogP) is 5.19. The molecule has 12 atom stereocenters. The Morgan fingerprint density at radius 3 is 2.65 bits per heavy atom. The number of carbonyl (C=O) groups is 2. The van der Waals surface area contributed by atoms with Crippen molar-refractivity contribution < 1.29 is 38.7 Å². The SMILES string of the molecule is CC[C@H]1CCCC[C@@H](C)C(=O)C2=CC3[C@@H](C(O)C(n4cc(-c5cccc(Cl)c5)nn4)[C@@H]4C[C@@H](OC(O)[C@H](COC)OC)C[C@@H]34)[C@@H]2CC(=O)O1. The van der Waals surface area contributed by atoms with Gasteiger partial charge in [0.25, 0.3) is 0 Å². The number of hydrogen-bond donors (Lipinski definition) is 2. The first-order valence-corrected chi connectivity index (χ1v) is 18.2. The number of carbonyl (C=O) groups excluding carboxylic acids is 2. The lowest BCUT2D eigenvalue weighted by molar-refractivity contribution is -0.204. The van der Waals surface area contributed by atoms with Gasteiger partial charge in [-0.05, 0) is 74.0 Å². The van der Waals surface area contributed by atoms with Gasteiger partial charge in [0.1, 0.15) is 17.9 Å². The molecule has 2 saturated carbocycles. The van der Waals surface area contributed by atoms with E-state index in [4.69, 9.17) is 30.5 Å². The number of halogens is 1. The normalized spacial score (nSPS) is 34.9. The van der Waals surface area contributed by atoms with Gasteiger partial charge in [-0.3, -0.25) is 9.59 Å². The van der Waals surface area contributed by atoms with Crippen LogP contribution >= 0.6 is 11.6 Å². The van der Waals surface area contributed by atoms with E-state index in [1.807, 2.05) is 38.2 Å². The third kappa shape index (κ3) is 7.53. The smallest absolute Gasteiger partial charge is 0.306 e. The number of benzene rings is 1. The lowest BCUT2D eigenvalue weighted by atomic mass is 9.62. The number of Topliss-reactive ketones (excluding diaryl/α,β-unsaturated/α-hetero) is 1. The number of hydrogen-bond acceptors (Lipinski definition) is 10. The van der Waals surface area contributed by atoms with Crippen LogP contribution in [0.25, 0.3) is 11.3 Å². The number of fused-ring (bicyclic) bond motifs is 5. The zero-order valence-corrected chi connectivity index (χ0v) is 29.6. The van der Waals surface area contributed by atoms with Gasteiger partial charge in [0.15, 0.2) is 12.1 Å². The highest BCUT2D eigenvalue weighted by Crippen LogP contribution is 2.59. The quantitative estimate of drug-likeness (QED) is 0.265. The van der Waals surface area contributed by atoms with Crippen molar-refractivity contribution in [3.05, 3.63) is 47.1 Å². The Hall–Kier alpha value is -2.67. The van der Waals surface area contributed by atoms with Crippen molar-refractivity contribution in [3.8, 4) is 11.3 Å². The van der Waals surface area contributed by atoms with Crippen LogP contribution in [0.2, 0.25) is 5.02 Å². The summed E-state index contributed by atoms with van der Waals surface area (Å²) in [6.07, 6.45) is 5.77. The summed E-state index contributed by atoms with van der Waals surface area (Å²) in [7, 11) is 3.04. The van der Waals surface area contributed by atoms with Crippen LogP contribution in [0.4, 0.5) is 0 Å². The van der Waals surface area contributed by atoms with Gasteiger partial charge in [-0.25, -0.2) is 4.68 Å². The van der Waals surface area contributed by atoms with Crippen LogP contribution in [-0.2, 0) is 28.5 Å². The number of allylic oxidation sites excluding steroid dienone is 2. The summed E-state index contributed by atoms with van der Waals surface area (Å²) in [5, 5.41) is 33.0. The van der Waals surface area contributed by atoms with Gasteiger partial charge in [-0.15, -0.1) is 5.10 Å². The van der Waals surface area contributed by atoms with Crippen molar-refractivity contribution in [1.82, 2.24) is 15.0 Å². The van der Waals surface area contributed by atoms with Crippen LogP contribution < -0.4 is 0 Å². The molecule has 2 heterocycles. The molecule has 0 spiro atoms. The van der Waals surface area contributed by atoms with Crippen LogP contribution in [-0.4, -0.2) is 88.5 Å². The molecule has 3 aliphatic carbocycles. The average molecular weight is 700 g/mol. The largest absolute Gasteiger partial charge is 0.462 e. The first-order chi connectivity index (χ1) is 23.6. The Morgan fingerprint density at radius 2 is 1.92 bits per heavy atom. The van der Waals surface area contributed by atoms with Gasteiger partial charge in [-0.2, -0.15) is 0 Å². The third-order valence-electron chi connectivity index (χ3n) is 11.5. The van der Waals surface area contributed by atoms with Crippen molar-refractivity contribution in [2.45, 2.75) is 102 Å². The van der Waals surface area contributed by atoms with Crippen molar-refractivity contribution in [2.75, 3.05) is 20.8 Å². The molecule has 4 aliphatic rings. The van der Waals surface area contributed by atoms with Crippen LogP contribution in [0, 0.1) is 35.5 Å². The highest BCUT2D eigenvalue weighted by Gasteiger charge is 2.59. The molecule has 2 aromatic rings. The third-order valence-corrected chi connectivity index (χ3v) is 11.7. The monoisotopic (exact) mass is 699 g/mol. The summed E-state index contributed by atoms with van der Waals surface area (Å²) in [4.78, 5) is 27.6. The number of rotatable bonds is 9. The summed E-state index contributed by atoms with van der Waals surface area (Å²) >= 11 is 6.28. The minimum Gasteiger partial charge on any atom is -0.462 e. The molecule has 268 valence electrons. The Morgan fingerprint density at radius 1 is 1.14 bits per heavy atom. The number of aromatic nitrogens is 3.